The molecule has 1 aromatic heterocycles. The van der Waals surface area contributed by atoms with Gasteiger partial charge in [0.15, 0.2) is 0 Å². The topological polar surface area (TPSA) is 83.8 Å². The highest BCUT2D eigenvalue weighted by Gasteiger charge is 2.02. The van der Waals surface area contributed by atoms with Crippen molar-refractivity contribution in [2.75, 3.05) is 5.43 Å². The van der Waals surface area contributed by atoms with Gasteiger partial charge in [0.1, 0.15) is 18.2 Å². The maximum atomic E-state index is 10.8. The van der Waals surface area contributed by atoms with Crippen molar-refractivity contribution < 1.29 is 14.6 Å². The van der Waals surface area contributed by atoms with Gasteiger partial charge in [-0.15, -0.1) is 0 Å². The van der Waals surface area contributed by atoms with Gasteiger partial charge in [0.25, 0.3) is 0 Å². The van der Waals surface area contributed by atoms with Crippen molar-refractivity contribution in [3.63, 3.8) is 0 Å². The number of aromatic carboxylic acids is 1. The molecule has 130 valence electrons. The van der Waals surface area contributed by atoms with Crippen LogP contribution < -0.4 is 10.2 Å². The number of anilines is 1. The largest absolute Gasteiger partial charge is 0.489 e. The summed E-state index contributed by atoms with van der Waals surface area (Å²) in [6.45, 7) is 0.522. The third-order valence-electron chi connectivity index (χ3n) is 3.53. The number of carboxylic acids is 1. The van der Waals surface area contributed by atoms with Crippen molar-refractivity contribution in [3.8, 4) is 5.75 Å². The minimum atomic E-state index is -1.01. The predicted molar refractivity (Wildman–Crippen MR) is 99.6 cm³/mol. The van der Waals surface area contributed by atoms with Crippen molar-refractivity contribution in [1.29, 1.82) is 0 Å². The Labute approximate surface area is 150 Å². The zero-order valence-corrected chi connectivity index (χ0v) is 13.9. The van der Waals surface area contributed by atoms with E-state index in [9.17, 15) is 4.79 Å². The normalized spacial score (nSPS) is 10.6. The molecule has 0 saturated heterocycles. The summed E-state index contributed by atoms with van der Waals surface area (Å²) in [7, 11) is 0. The summed E-state index contributed by atoms with van der Waals surface area (Å²) in [5.74, 6) is 0.237. The van der Waals surface area contributed by atoms with Crippen LogP contribution in [0.1, 0.15) is 21.5 Å². The lowest BCUT2D eigenvalue weighted by Crippen LogP contribution is -1.99. The molecule has 0 saturated carbocycles. The number of carbonyl (C=O) groups is 1. The summed E-state index contributed by atoms with van der Waals surface area (Å²) in [5, 5.41) is 12.9. The van der Waals surface area contributed by atoms with E-state index in [4.69, 9.17) is 9.84 Å². The van der Waals surface area contributed by atoms with Crippen LogP contribution in [-0.2, 0) is 6.61 Å². The van der Waals surface area contributed by atoms with Crippen molar-refractivity contribution in [1.82, 2.24) is 4.98 Å². The van der Waals surface area contributed by atoms with Crippen LogP contribution in [0.2, 0.25) is 0 Å². The summed E-state index contributed by atoms with van der Waals surface area (Å²) in [5.41, 5.74) is 4.89. The maximum Gasteiger partial charge on any atom is 0.337 e. The first-order valence-corrected chi connectivity index (χ1v) is 7.96. The first-order valence-electron chi connectivity index (χ1n) is 7.96. The second-order valence-corrected chi connectivity index (χ2v) is 5.45. The molecule has 0 aliphatic heterocycles. The summed E-state index contributed by atoms with van der Waals surface area (Å²) >= 11 is 0. The Hall–Kier alpha value is -3.67. The Balaban J connectivity index is 1.52. The van der Waals surface area contributed by atoms with Gasteiger partial charge in [0, 0.05) is 6.20 Å². The molecule has 0 atom stereocenters. The van der Waals surface area contributed by atoms with Crippen LogP contribution in [0.5, 0.6) is 5.75 Å². The van der Waals surface area contributed by atoms with Gasteiger partial charge in [0.05, 0.1) is 11.8 Å². The van der Waals surface area contributed by atoms with E-state index < -0.39 is 5.97 Å². The second kappa shape index (κ2) is 8.43. The molecular weight excluding hydrogens is 330 g/mol. The molecule has 2 aromatic carbocycles. The number of hydrogen-bond donors (Lipinski definition) is 2. The molecule has 26 heavy (non-hydrogen) atoms. The molecule has 1 heterocycles. The number of nitrogens with one attached hydrogen (secondary N) is 1. The Kier molecular flexibility index (Phi) is 5.57. The smallest absolute Gasteiger partial charge is 0.337 e. The molecule has 6 nitrogen and oxygen atoms in total. The van der Waals surface area contributed by atoms with Crippen LogP contribution in [0.15, 0.2) is 78.0 Å². The molecule has 0 radical (unpaired) electrons. The zero-order chi connectivity index (χ0) is 18.2. The van der Waals surface area contributed by atoms with Gasteiger partial charge in [-0.2, -0.15) is 5.10 Å². The molecule has 0 bridgehead atoms. The molecule has 0 aliphatic rings. The average Bonchev–Trinajstić information content (AvgIpc) is 2.68. The minimum Gasteiger partial charge on any atom is -0.489 e. The second-order valence-electron chi connectivity index (χ2n) is 5.45. The van der Waals surface area contributed by atoms with Gasteiger partial charge < -0.3 is 9.84 Å². The molecule has 3 rings (SSSR count). The van der Waals surface area contributed by atoms with Crippen molar-refractivity contribution in [2.45, 2.75) is 6.61 Å². The van der Waals surface area contributed by atoms with Crippen LogP contribution in [-0.4, -0.2) is 22.3 Å². The van der Waals surface area contributed by atoms with Crippen LogP contribution in [0.25, 0.3) is 0 Å². The quantitative estimate of drug-likeness (QED) is 0.502. The number of rotatable bonds is 7. The highest BCUT2D eigenvalue weighted by Crippen LogP contribution is 2.13. The zero-order valence-electron chi connectivity index (χ0n) is 13.9. The maximum absolute atomic E-state index is 10.8. The van der Waals surface area contributed by atoms with Gasteiger partial charge >= 0.3 is 5.97 Å². The van der Waals surface area contributed by atoms with Crippen LogP contribution in [0.3, 0.4) is 0 Å². The van der Waals surface area contributed by atoms with E-state index in [0.29, 0.717) is 12.4 Å². The van der Waals surface area contributed by atoms with E-state index in [1.165, 1.54) is 12.3 Å². The van der Waals surface area contributed by atoms with E-state index in [-0.39, 0.29) is 5.56 Å². The van der Waals surface area contributed by atoms with Gasteiger partial charge in [-0.3, -0.25) is 5.43 Å². The standard InChI is InChI=1S/C20H17N3O3/c24-20(25)17-8-11-19(21-13-17)23-22-12-15-6-9-18(10-7-15)26-14-16-4-2-1-3-5-16/h1-13H,14H2,(H,21,23)(H,24,25)/b22-12+. The van der Waals surface area contributed by atoms with Gasteiger partial charge in [-0.1, -0.05) is 30.3 Å². The number of aromatic nitrogens is 1. The highest BCUT2D eigenvalue weighted by molar-refractivity contribution is 5.87. The van der Waals surface area contributed by atoms with Crippen LogP contribution >= 0.6 is 0 Å². The molecule has 0 fully saturated rings. The van der Waals surface area contributed by atoms with Crippen molar-refractivity contribution >= 4 is 18.0 Å². The van der Waals surface area contributed by atoms with Crippen molar-refractivity contribution in [3.05, 3.63) is 89.6 Å². The number of nitrogens with zero attached hydrogens (tertiary/aromatic N) is 2. The van der Waals surface area contributed by atoms with Gasteiger partial charge in [-0.05, 0) is 47.5 Å². The number of ether oxygens (including phenoxy) is 1. The summed E-state index contributed by atoms with van der Waals surface area (Å²) in [6.07, 6.45) is 2.92. The fraction of sp³-hybridized carbons (Fsp3) is 0.0500. The molecule has 0 aliphatic carbocycles. The lowest BCUT2D eigenvalue weighted by Gasteiger charge is -2.06. The predicted octanol–water partition coefficient (Wildman–Crippen LogP) is 3.80. The first-order chi connectivity index (χ1) is 12.7. The third-order valence-corrected chi connectivity index (χ3v) is 3.53. The average molecular weight is 347 g/mol. The monoisotopic (exact) mass is 347 g/mol. The lowest BCUT2D eigenvalue weighted by molar-refractivity contribution is 0.0696. The van der Waals surface area contributed by atoms with E-state index >= 15 is 0 Å². The highest BCUT2D eigenvalue weighted by atomic mass is 16.5. The van der Waals surface area contributed by atoms with Crippen LogP contribution in [0, 0.1) is 0 Å². The molecular formula is C20H17N3O3. The number of benzene rings is 2. The summed E-state index contributed by atoms with van der Waals surface area (Å²) in [6, 6.07) is 20.5. The Bertz CT molecular complexity index is 876. The number of carboxylic acid groups (broad SMARTS) is 1. The molecule has 0 amide bonds. The van der Waals surface area contributed by atoms with Gasteiger partial charge in [0.2, 0.25) is 0 Å². The van der Waals surface area contributed by atoms with E-state index in [0.717, 1.165) is 16.9 Å². The fourth-order valence-corrected chi connectivity index (χ4v) is 2.15. The molecule has 0 unspecified atom stereocenters. The molecule has 3 aromatic rings. The van der Waals surface area contributed by atoms with E-state index in [2.05, 4.69) is 15.5 Å². The SMILES string of the molecule is O=C(O)c1ccc(N/N=C/c2ccc(OCc3ccccc3)cc2)nc1. The summed E-state index contributed by atoms with van der Waals surface area (Å²) < 4.78 is 5.73. The van der Waals surface area contributed by atoms with Crippen molar-refractivity contribution in [2.24, 2.45) is 5.10 Å². The first kappa shape index (κ1) is 17.2. The third kappa shape index (κ3) is 4.91. The summed E-state index contributed by atoms with van der Waals surface area (Å²) in [4.78, 5) is 14.7. The Morgan fingerprint density at radius 3 is 2.50 bits per heavy atom. The van der Waals surface area contributed by atoms with E-state index in [1.54, 1.807) is 12.3 Å². The van der Waals surface area contributed by atoms with Crippen LogP contribution in [0.4, 0.5) is 5.82 Å². The molecule has 6 heteroatoms. The number of hydrazone groups is 1. The van der Waals surface area contributed by atoms with Gasteiger partial charge in [-0.25, -0.2) is 9.78 Å². The molecule has 2 N–H and O–H groups in total. The van der Waals surface area contributed by atoms with E-state index in [1.807, 2.05) is 54.6 Å². The lowest BCUT2D eigenvalue weighted by atomic mass is 10.2. The molecule has 0 spiro atoms. The Morgan fingerprint density at radius 1 is 1.08 bits per heavy atom. The minimum absolute atomic E-state index is 0.130. The number of pyridine rings is 1. The fourth-order valence-electron chi connectivity index (χ4n) is 2.15. The number of hydrogen-bond acceptors (Lipinski definition) is 5. The Morgan fingerprint density at radius 2 is 1.85 bits per heavy atom.